The Morgan fingerprint density at radius 2 is 1.92 bits per heavy atom. The fraction of sp³-hybridized carbons (Fsp3) is 0.778. The molecule has 1 heterocycles. The molecule has 0 unspecified atom stereocenters. The van der Waals surface area contributed by atoms with E-state index in [1.54, 1.807) is 11.3 Å². The lowest BCUT2D eigenvalue weighted by Crippen LogP contribution is -2.24. The molecule has 0 atom stereocenters. The lowest BCUT2D eigenvalue weighted by Gasteiger charge is -2.30. The first-order valence-corrected chi connectivity index (χ1v) is 6.60. The first kappa shape index (κ1) is 9.83. The molecule has 0 radical (unpaired) electrons. The molecule has 0 saturated heterocycles. The molecule has 1 fully saturated rings. The minimum absolute atomic E-state index is 0.333. The van der Waals surface area contributed by atoms with Gasteiger partial charge in [0.05, 0.1) is 0 Å². The molecule has 0 amide bonds. The topological polar surface area (TPSA) is 25.8 Å². The minimum atomic E-state index is 0.333. The lowest BCUT2D eigenvalue weighted by molar-refractivity contribution is 0.317. The van der Waals surface area contributed by atoms with E-state index in [2.05, 4.69) is 39.7 Å². The summed E-state index contributed by atoms with van der Waals surface area (Å²) in [5.74, 6) is 0. The van der Waals surface area contributed by atoms with Crippen LogP contribution in [0.2, 0.25) is 0 Å². The smallest absolute Gasteiger partial charge is 0.142 e. The number of hydrogen-bond acceptors (Lipinski definition) is 3. The molecular weight excluding hydrogens is 295 g/mol. The number of aromatic nitrogens is 2. The van der Waals surface area contributed by atoms with Crippen molar-refractivity contribution in [3.8, 4) is 0 Å². The molecule has 0 N–H and O–H groups in total. The van der Waals surface area contributed by atoms with Crippen LogP contribution in [0.5, 0.6) is 0 Å². The second-order valence-corrected chi connectivity index (χ2v) is 6.71. The summed E-state index contributed by atoms with van der Waals surface area (Å²) in [6, 6.07) is 0. The lowest BCUT2D eigenvalue weighted by atomic mass is 9.76. The summed E-state index contributed by atoms with van der Waals surface area (Å²) in [5, 5.41) is 9.61. The van der Waals surface area contributed by atoms with E-state index in [0.717, 1.165) is 3.01 Å². The summed E-state index contributed by atoms with van der Waals surface area (Å²) in [4.78, 5) is 0. The zero-order valence-electron chi connectivity index (χ0n) is 7.72. The van der Waals surface area contributed by atoms with Gasteiger partial charge in [-0.05, 0) is 35.4 Å². The molecular formula is C9H13IN2S. The van der Waals surface area contributed by atoms with Crippen LogP contribution in [-0.2, 0) is 5.41 Å². The van der Waals surface area contributed by atoms with Gasteiger partial charge in [0.15, 0.2) is 3.01 Å². The molecule has 1 aromatic rings. The molecule has 13 heavy (non-hydrogen) atoms. The molecule has 0 bridgehead atoms. The third kappa shape index (κ3) is 2.03. The SMILES string of the molecule is CC1(c2nnc(I)s2)CCCCC1. The van der Waals surface area contributed by atoms with Gasteiger partial charge in [-0.15, -0.1) is 10.2 Å². The van der Waals surface area contributed by atoms with Crippen LogP contribution in [0.25, 0.3) is 0 Å². The molecule has 0 spiro atoms. The quantitative estimate of drug-likeness (QED) is 0.744. The Hall–Kier alpha value is 0.290. The van der Waals surface area contributed by atoms with Crippen molar-refractivity contribution >= 4 is 33.9 Å². The third-order valence-corrected chi connectivity index (χ3v) is 4.77. The number of rotatable bonds is 1. The normalized spacial score (nSPS) is 21.7. The van der Waals surface area contributed by atoms with Crippen LogP contribution in [0, 0.1) is 3.01 Å². The monoisotopic (exact) mass is 308 g/mol. The van der Waals surface area contributed by atoms with Gasteiger partial charge < -0.3 is 0 Å². The number of nitrogens with zero attached hydrogens (tertiary/aromatic N) is 2. The molecule has 0 aliphatic heterocycles. The van der Waals surface area contributed by atoms with Crippen molar-refractivity contribution in [3.05, 3.63) is 8.02 Å². The highest BCUT2D eigenvalue weighted by Crippen LogP contribution is 2.40. The van der Waals surface area contributed by atoms with Gasteiger partial charge in [-0.2, -0.15) is 0 Å². The van der Waals surface area contributed by atoms with Gasteiger partial charge in [-0.3, -0.25) is 0 Å². The van der Waals surface area contributed by atoms with Gasteiger partial charge in [0.1, 0.15) is 5.01 Å². The molecule has 1 aliphatic carbocycles. The van der Waals surface area contributed by atoms with E-state index in [1.807, 2.05) is 0 Å². The Kier molecular flexibility index (Phi) is 2.88. The minimum Gasteiger partial charge on any atom is -0.142 e. The zero-order valence-corrected chi connectivity index (χ0v) is 10.7. The molecule has 1 aliphatic rings. The van der Waals surface area contributed by atoms with Crippen molar-refractivity contribution in [2.45, 2.75) is 44.4 Å². The van der Waals surface area contributed by atoms with Crippen LogP contribution in [0.4, 0.5) is 0 Å². The van der Waals surface area contributed by atoms with Crippen LogP contribution in [0.3, 0.4) is 0 Å². The Bertz CT molecular complexity index is 292. The van der Waals surface area contributed by atoms with E-state index >= 15 is 0 Å². The van der Waals surface area contributed by atoms with E-state index in [-0.39, 0.29) is 0 Å². The maximum Gasteiger partial charge on any atom is 0.178 e. The first-order valence-electron chi connectivity index (χ1n) is 4.70. The van der Waals surface area contributed by atoms with Crippen LogP contribution < -0.4 is 0 Å². The number of halogens is 1. The van der Waals surface area contributed by atoms with Crippen molar-refractivity contribution in [1.29, 1.82) is 0 Å². The van der Waals surface area contributed by atoms with Gasteiger partial charge in [0.2, 0.25) is 0 Å². The fourth-order valence-corrected chi connectivity index (χ4v) is 3.50. The van der Waals surface area contributed by atoms with Crippen LogP contribution in [0.1, 0.15) is 44.0 Å². The van der Waals surface area contributed by atoms with E-state index in [1.165, 1.54) is 37.1 Å². The Balaban J connectivity index is 2.22. The highest BCUT2D eigenvalue weighted by atomic mass is 127. The van der Waals surface area contributed by atoms with E-state index in [9.17, 15) is 0 Å². The zero-order chi connectivity index (χ0) is 9.31. The summed E-state index contributed by atoms with van der Waals surface area (Å²) in [7, 11) is 0. The predicted molar refractivity (Wildman–Crippen MR) is 63.1 cm³/mol. The maximum absolute atomic E-state index is 4.27. The average Bonchev–Trinajstić information content (AvgIpc) is 2.54. The number of hydrogen-bond donors (Lipinski definition) is 0. The van der Waals surface area contributed by atoms with Gasteiger partial charge in [0.25, 0.3) is 0 Å². The molecule has 2 rings (SSSR count). The average molecular weight is 308 g/mol. The van der Waals surface area contributed by atoms with Crippen LogP contribution >= 0.6 is 33.9 Å². The standard InChI is InChI=1S/C9H13IN2S/c1-9(5-3-2-4-6-9)7-11-12-8(10)13-7/h2-6H2,1H3. The summed E-state index contributed by atoms with van der Waals surface area (Å²) in [6.07, 6.45) is 6.68. The van der Waals surface area contributed by atoms with E-state index in [0.29, 0.717) is 5.41 Å². The molecule has 1 aromatic heterocycles. The van der Waals surface area contributed by atoms with Gasteiger partial charge >= 0.3 is 0 Å². The van der Waals surface area contributed by atoms with Gasteiger partial charge in [0, 0.05) is 5.41 Å². The molecule has 1 saturated carbocycles. The molecule has 0 aromatic carbocycles. The highest BCUT2D eigenvalue weighted by Gasteiger charge is 2.32. The van der Waals surface area contributed by atoms with Crippen molar-refractivity contribution in [2.75, 3.05) is 0 Å². The summed E-state index contributed by atoms with van der Waals surface area (Å²) < 4.78 is 1.07. The van der Waals surface area contributed by atoms with E-state index < -0.39 is 0 Å². The Labute approximate surface area is 96.3 Å². The third-order valence-electron chi connectivity index (χ3n) is 2.87. The maximum atomic E-state index is 4.27. The van der Waals surface area contributed by atoms with Gasteiger partial charge in [-0.25, -0.2) is 0 Å². The highest BCUT2D eigenvalue weighted by molar-refractivity contribution is 14.1. The second kappa shape index (κ2) is 3.81. The van der Waals surface area contributed by atoms with Crippen molar-refractivity contribution in [2.24, 2.45) is 0 Å². The molecule has 72 valence electrons. The van der Waals surface area contributed by atoms with Crippen molar-refractivity contribution < 1.29 is 0 Å². The molecule has 4 heteroatoms. The summed E-state index contributed by atoms with van der Waals surface area (Å²) >= 11 is 4.01. The van der Waals surface area contributed by atoms with Crippen molar-refractivity contribution in [3.63, 3.8) is 0 Å². The Morgan fingerprint density at radius 3 is 2.46 bits per heavy atom. The summed E-state index contributed by atoms with van der Waals surface area (Å²) in [5.41, 5.74) is 0.333. The predicted octanol–water partition coefficient (Wildman–Crippen LogP) is 3.36. The van der Waals surface area contributed by atoms with Crippen LogP contribution in [-0.4, -0.2) is 10.2 Å². The largest absolute Gasteiger partial charge is 0.178 e. The molecule has 2 nitrogen and oxygen atoms in total. The van der Waals surface area contributed by atoms with Gasteiger partial charge in [-0.1, -0.05) is 37.5 Å². The fourth-order valence-electron chi connectivity index (χ4n) is 2.00. The van der Waals surface area contributed by atoms with Crippen molar-refractivity contribution in [1.82, 2.24) is 10.2 Å². The Morgan fingerprint density at radius 1 is 1.23 bits per heavy atom. The second-order valence-electron chi connectivity index (χ2n) is 3.98. The summed E-state index contributed by atoms with van der Waals surface area (Å²) in [6.45, 7) is 2.34. The first-order chi connectivity index (χ1) is 6.21. The van der Waals surface area contributed by atoms with E-state index in [4.69, 9.17) is 0 Å². The van der Waals surface area contributed by atoms with Crippen LogP contribution in [0.15, 0.2) is 0 Å².